The minimum Gasteiger partial charge on any atom is -0.355 e. The zero-order chi connectivity index (χ0) is 17.5. The van der Waals surface area contributed by atoms with Crippen molar-refractivity contribution in [3.63, 3.8) is 0 Å². The van der Waals surface area contributed by atoms with E-state index in [1.54, 1.807) is 6.20 Å². The van der Waals surface area contributed by atoms with E-state index in [1.807, 2.05) is 54.7 Å². The number of pyridine rings is 2. The van der Waals surface area contributed by atoms with Crippen LogP contribution in [0.5, 0.6) is 0 Å². The summed E-state index contributed by atoms with van der Waals surface area (Å²) in [5, 5.41) is 3.17. The van der Waals surface area contributed by atoms with Crippen LogP contribution >= 0.6 is 0 Å². The zero-order valence-corrected chi connectivity index (χ0v) is 14.6. The summed E-state index contributed by atoms with van der Waals surface area (Å²) >= 11 is 0. The van der Waals surface area contributed by atoms with Gasteiger partial charge in [-0.1, -0.05) is 12.1 Å². The molecule has 0 spiro atoms. The third kappa shape index (κ3) is 5.26. The summed E-state index contributed by atoms with van der Waals surface area (Å²) in [4.78, 5) is 25.1. The number of likely N-dealkylation sites (N-methyl/N-ethyl adjacent to an activating group) is 1. The van der Waals surface area contributed by atoms with Crippen LogP contribution in [0.3, 0.4) is 0 Å². The summed E-state index contributed by atoms with van der Waals surface area (Å²) in [7, 11) is 1.95. The predicted octanol–water partition coefficient (Wildman–Crippen LogP) is 1.69. The van der Waals surface area contributed by atoms with Gasteiger partial charge in [0.1, 0.15) is 5.82 Å². The van der Waals surface area contributed by atoms with E-state index in [9.17, 15) is 4.79 Å². The maximum atomic E-state index is 12.4. The van der Waals surface area contributed by atoms with Crippen LogP contribution in [0, 0.1) is 0 Å². The number of hydrogen-bond donors (Lipinski definition) is 1. The van der Waals surface area contributed by atoms with Crippen molar-refractivity contribution in [2.24, 2.45) is 0 Å². The first-order valence-electron chi connectivity index (χ1n) is 8.73. The molecule has 132 valence electrons. The lowest BCUT2D eigenvalue weighted by Crippen LogP contribution is -2.50. The topological polar surface area (TPSA) is 61.4 Å². The maximum Gasteiger partial charge on any atom is 0.234 e. The molecule has 3 rings (SSSR count). The van der Waals surface area contributed by atoms with E-state index < -0.39 is 0 Å². The third-order valence-corrected chi connectivity index (χ3v) is 4.35. The number of rotatable bonds is 6. The first-order chi connectivity index (χ1) is 12.2. The minimum absolute atomic E-state index is 0.0688. The second kappa shape index (κ2) is 8.58. The fraction of sp³-hybridized carbons (Fsp3) is 0.421. The van der Waals surface area contributed by atoms with Gasteiger partial charge in [0.25, 0.3) is 0 Å². The molecular formula is C19H25N5O. The van der Waals surface area contributed by atoms with Crippen LogP contribution in [-0.2, 0) is 11.3 Å². The van der Waals surface area contributed by atoms with E-state index in [0.717, 1.165) is 37.3 Å². The van der Waals surface area contributed by atoms with Gasteiger partial charge in [-0.05, 0) is 43.7 Å². The molecular weight excluding hydrogens is 314 g/mol. The molecule has 1 atom stereocenters. The van der Waals surface area contributed by atoms with Crippen LogP contribution in [-0.4, -0.2) is 53.5 Å². The van der Waals surface area contributed by atoms with Gasteiger partial charge in [-0.25, -0.2) is 4.98 Å². The third-order valence-electron chi connectivity index (χ3n) is 4.35. The number of nitrogens with one attached hydrogen (secondary N) is 1. The average molecular weight is 339 g/mol. The van der Waals surface area contributed by atoms with Crippen molar-refractivity contribution in [1.29, 1.82) is 0 Å². The Kier molecular flexibility index (Phi) is 5.95. The van der Waals surface area contributed by atoms with E-state index in [1.165, 1.54) is 0 Å². The first kappa shape index (κ1) is 17.4. The van der Waals surface area contributed by atoms with Crippen molar-refractivity contribution in [3.05, 3.63) is 54.5 Å². The van der Waals surface area contributed by atoms with Gasteiger partial charge in [-0.3, -0.25) is 14.7 Å². The van der Waals surface area contributed by atoms with Gasteiger partial charge < -0.3 is 10.2 Å². The molecule has 0 saturated carbocycles. The average Bonchev–Trinajstić information content (AvgIpc) is 2.63. The summed E-state index contributed by atoms with van der Waals surface area (Å²) in [6.07, 6.45) is 7.48. The van der Waals surface area contributed by atoms with Crippen molar-refractivity contribution in [3.8, 4) is 0 Å². The quantitative estimate of drug-likeness (QED) is 0.868. The predicted molar refractivity (Wildman–Crippen MR) is 98.2 cm³/mol. The van der Waals surface area contributed by atoms with Gasteiger partial charge in [-0.15, -0.1) is 0 Å². The number of amides is 1. The van der Waals surface area contributed by atoms with Gasteiger partial charge in [0.2, 0.25) is 5.91 Å². The highest BCUT2D eigenvalue weighted by Crippen LogP contribution is 2.17. The molecule has 0 unspecified atom stereocenters. The molecule has 2 aromatic heterocycles. The van der Waals surface area contributed by atoms with Crippen molar-refractivity contribution < 1.29 is 4.79 Å². The number of anilines is 1. The van der Waals surface area contributed by atoms with E-state index in [-0.39, 0.29) is 11.9 Å². The summed E-state index contributed by atoms with van der Waals surface area (Å²) < 4.78 is 0. The Morgan fingerprint density at radius 1 is 1.32 bits per heavy atom. The molecule has 0 aliphatic carbocycles. The Balaban J connectivity index is 1.47. The van der Waals surface area contributed by atoms with Crippen LogP contribution in [0.2, 0.25) is 0 Å². The van der Waals surface area contributed by atoms with Crippen LogP contribution in [0.25, 0.3) is 0 Å². The van der Waals surface area contributed by atoms with E-state index in [0.29, 0.717) is 13.1 Å². The van der Waals surface area contributed by atoms with Gasteiger partial charge in [0, 0.05) is 44.3 Å². The van der Waals surface area contributed by atoms with Gasteiger partial charge in [0.15, 0.2) is 0 Å². The second-order valence-electron chi connectivity index (χ2n) is 6.57. The second-order valence-corrected chi connectivity index (χ2v) is 6.57. The molecule has 1 saturated heterocycles. The number of carbonyl (C=O) groups is 1. The molecule has 0 aromatic carbocycles. The SMILES string of the molecule is CN(CC(=O)N[C@@H]1CCCN(c2ccccn2)C1)Cc1cccnc1. The molecule has 1 amide bonds. The fourth-order valence-corrected chi connectivity index (χ4v) is 3.22. The van der Waals surface area contributed by atoms with Gasteiger partial charge in [0.05, 0.1) is 6.54 Å². The Hall–Kier alpha value is -2.47. The molecule has 2 aromatic rings. The first-order valence-corrected chi connectivity index (χ1v) is 8.73. The van der Waals surface area contributed by atoms with Crippen LogP contribution < -0.4 is 10.2 Å². The Morgan fingerprint density at radius 3 is 3.00 bits per heavy atom. The zero-order valence-electron chi connectivity index (χ0n) is 14.6. The van der Waals surface area contributed by atoms with Crippen LogP contribution in [0.15, 0.2) is 48.9 Å². The molecule has 3 heterocycles. The van der Waals surface area contributed by atoms with Crippen molar-refractivity contribution in [2.45, 2.75) is 25.4 Å². The highest BCUT2D eigenvalue weighted by Gasteiger charge is 2.22. The Morgan fingerprint density at radius 2 is 2.24 bits per heavy atom. The Bertz CT molecular complexity index is 664. The number of nitrogens with zero attached hydrogens (tertiary/aromatic N) is 4. The summed E-state index contributed by atoms with van der Waals surface area (Å²) in [6, 6.07) is 10.1. The van der Waals surface area contributed by atoms with Gasteiger partial charge in [-0.2, -0.15) is 0 Å². The lowest BCUT2D eigenvalue weighted by atomic mass is 10.1. The maximum absolute atomic E-state index is 12.4. The number of hydrogen-bond acceptors (Lipinski definition) is 5. The lowest BCUT2D eigenvalue weighted by molar-refractivity contribution is -0.122. The van der Waals surface area contributed by atoms with Gasteiger partial charge >= 0.3 is 0 Å². The summed E-state index contributed by atoms with van der Waals surface area (Å²) in [6.45, 7) is 2.90. The molecule has 1 aliphatic heterocycles. The fourth-order valence-electron chi connectivity index (χ4n) is 3.22. The number of carbonyl (C=O) groups excluding carboxylic acids is 1. The van der Waals surface area contributed by atoms with Crippen LogP contribution in [0.1, 0.15) is 18.4 Å². The van der Waals surface area contributed by atoms with E-state index >= 15 is 0 Å². The highest BCUT2D eigenvalue weighted by molar-refractivity contribution is 5.78. The standard InChI is InChI=1S/C19H25N5O/c1-23(13-16-6-4-9-20-12-16)15-19(25)22-17-7-5-11-24(14-17)18-8-2-3-10-21-18/h2-4,6,8-10,12,17H,5,7,11,13-15H2,1H3,(H,22,25)/t17-/m1/s1. The summed E-state index contributed by atoms with van der Waals surface area (Å²) in [5.41, 5.74) is 1.11. The molecule has 25 heavy (non-hydrogen) atoms. The smallest absolute Gasteiger partial charge is 0.234 e. The number of piperidine rings is 1. The lowest BCUT2D eigenvalue weighted by Gasteiger charge is -2.34. The number of aromatic nitrogens is 2. The largest absolute Gasteiger partial charge is 0.355 e. The van der Waals surface area contributed by atoms with Crippen molar-refractivity contribution in [1.82, 2.24) is 20.2 Å². The summed E-state index contributed by atoms with van der Waals surface area (Å²) in [5.74, 6) is 1.05. The van der Waals surface area contributed by atoms with E-state index in [2.05, 4.69) is 20.2 Å². The molecule has 1 aliphatic rings. The molecule has 1 N–H and O–H groups in total. The monoisotopic (exact) mass is 339 g/mol. The minimum atomic E-state index is 0.0688. The molecule has 6 nitrogen and oxygen atoms in total. The Labute approximate surface area is 148 Å². The van der Waals surface area contributed by atoms with Crippen molar-refractivity contribution >= 4 is 11.7 Å². The van der Waals surface area contributed by atoms with Crippen molar-refractivity contribution in [2.75, 3.05) is 31.6 Å². The van der Waals surface area contributed by atoms with Crippen LogP contribution in [0.4, 0.5) is 5.82 Å². The normalized spacial score (nSPS) is 17.5. The molecule has 0 bridgehead atoms. The molecule has 6 heteroatoms. The molecule has 0 radical (unpaired) electrons. The van der Waals surface area contributed by atoms with E-state index in [4.69, 9.17) is 0 Å². The molecule has 1 fully saturated rings. The highest BCUT2D eigenvalue weighted by atomic mass is 16.2.